The molecule has 0 aromatic heterocycles. The number of benzene rings is 2. The topological polar surface area (TPSA) is 58.6 Å². The van der Waals surface area contributed by atoms with Crippen LogP contribution in [0.3, 0.4) is 0 Å². The van der Waals surface area contributed by atoms with Gasteiger partial charge >= 0.3 is 0 Å². The average Bonchev–Trinajstić information content (AvgIpc) is 2.65. The van der Waals surface area contributed by atoms with E-state index in [0.717, 1.165) is 10.0 Å². The summed E-state index contributed by atoms with van der Waals surface area (Å²) in [4.78, 5) is 26.7. The van der Waals surface area contributed by atoms with Gasteiger partial charge in [-0.1, -0.05) is 39.7 Å². The van der Waals surface area contributed by atoms with Crippen LogP contribution < -0.4 is 10.1 Å². The molecule has 1 unspecified atom stereocenters. The van der Waals surface area contributed by atoms with E-state index in [4.69, 9.17) is 16.3 Å². The lowest BCUT2D eigenvalue weighted by atomic mass is 10.1. The van der Waals surface area contributed by atoms with Gasteiger partial charge in [-0.05, 0) is 65.7 Å². The van der Waals surface area contributed by atoms with Crippen LogP contribution in [0.5, 0.6) is 5.75 Å². The minimum atomic E-state index is -0.635. The number of halogens is 3. The summed E-state index contributed by atoms with van der Waals surface area (Å²) in [7, 11) is 0. The molecule has 2 rings (SSSR count). The van der Waals surface area contributed by atoms with Crippen molar-refractivity contribution in [2.45, 2.75) is 26.4 Å². The highest BCUT2D eigenvalue weighted by Gasteiger charge is 2.26. The number of nitrogens with zero attached hydrogens (tertiary/aromatic N) is 1. The molecule has 0 fully saturated rings. The van der Waals surface area contributed by atoms with Crippen LogP contribution in [0.1, 0.15) is 19.4 Å². The SMILES string of the molecule is CCNC(=O)C(C)N(Cc1cccc(Br)c1)C(=O)COc1ccc(Cl)cc1Br. The highest BCUT2D eigenvalue weighted by Crippen LogP contribution is 2.28. The molecular weight excluding hydrogens is 511 g/mol. The van der Waals surface area contributed by atoms with Crippen LogP contribution in [0.4, 0.5) is 0 Å². The Morgan fingerprint density at radius 3 is 2.61 bits per heavy atom. The molecule has 0 aliphatic carbocycles. The van der Waals surface area contributed by atoms with Crippen molar-refractivity contribution in [2.24, 2.45) is 0 Å². The van der Waals surface area contributed by atoms with Crippen LogP contribution in [0.15, 0.2) is 51.4 Å². The molecule has 0 saturated heterocycles. The van der Waals surface area contributed by atoms with E-state index in [0.29, 0.717) is 28.3 Å². The first kappa shape index (κ1) is 22.7. The van der Waals surface area contributed by atoms with E-state index in [9.17, 15) is 9.59 Å². The Hall–Kier alpha value is -1.57. The van der Waals surface area contributed by atoms with Gasteiger partial charge in [0.15, 0.2) is 6.61 Å². The number of rotatable bonds is 8. The number of hydrogen-bond acceptors (Lipinski definition) is 3. The number of carbonyl (C=O) groups excluding carboxylic acids is 2. The van der Waals surface area contributed by atoms with Gasteiger partial charge in [-0.2, -0.15) is 0 Å². The zero-order valence-corrected chi connectivity index (χ0v) is 19.5. The normalized spacial score (nSPS) is 11.6. The van der Waals surface area contributed by atoms with Crippen LogP contribution >= 0.6 is 43.5 Å². The average molecular weight is 533 g/mol. The third-order valence-corrected chi connectivity index (χ3v) is 5.35. The molecule has 5 nitrogen and oxygen atoms in total. The van der Waals surface area contributed by atoms with Gasteiger partial charge in [-0.25, -0.2) is 0 Å². The second-order valence-electron chi connectivity index (χ2n) is 6.09. The Morgan fingerprint density at radius 2 is 1.96 bits per heavy atom. The van der Waals surface area contributed by atoms with Crippen molar-refractivity contribution in [2.75, 3.05) is 13.2 Å². The molecule has 0 heterocycles. The Bertz CT molecular complexity index is 848. The predicted molar refractivity (Wildman–Crippen MR) is 117 cm³/mol. The largest absolute Gasteiger partial charge is 0.483 e. The van der Waals surface area contributed by atoms with Crippen molar-refractivity contribution in [1.29, 1.82) is 0 Å². The van der Waals surface area contributed by atoms with Gasteiger partial charge in [0.1, 0.15) is 11.8 Å². The number of hydrogen-bond donors (Lipinski definition) is 1. The Kier molecular flexibility index (Phi) is 8.79. The first-order valence-corrected chi connectivity index (χ1v) is 10.7. The molecule has 28 heavy (non-hydrogen) atoms. The summed E-state index contributed by atoms with van der Waals surface area (Å²) in [6, 6.07) is 12.0. The molecule has 0 saturated carbocycles. The number of carbonyl (C=O) groups is 2. The smallest absolute Gasteiger partial charge is 0.261 e. The molecule has 1 atom stereocenters. The fourth-order valence-electron chi connectivity index (χ4n) is 2.55. The van der Waals surface area contributed by atoms with Gasteiger partial charge in [-0.15, -0.1) is 0 Å². The fourth-order valence-corrected chi connectivity index (χ4v) is 3.80. The third kappa shape index (κ3) is 6.50. The van der Waals surface area contributed by atoms with Gasteiger partial charge in [0.25, 0.3) is 5.91 Å². The van der Waals surface area contributed by atoms with E-state index in [2.05, 4.69) is 37.2 Å². The summed E-state index contributed by atoms with van der Waals surface area (Å²) in [6.07, 6.45) is 0. The van der Waals surface area contributed by atoms with E-state index >= 15 is 0 Å². The van der Waals surface area contributed by atoms with E-state index in [1.54, 1.807) is 25.1 Å². The molecule has 2 aromatic carbocycles. The molecule has 0 aliphatic heterocycles. The van der Waals surface area contributed by atoms with Gasteiger partial charge in [0.2, 0.25) is 5.91 Å². The molecule has 8 heteroatoms. The Morgan fingerprint density at radius 1 is 1.21 bits per heavy atom. The van der Waals surface area contributed by atoms with E-state index in [1.807, 2.05) is 31.2 Å². The van der Waals surface area contributed by atoms with Crippen LogP contribution in [0.2, 0.25) is 5.02 Å². The highest BCUT2D eigenvalue weighted by molar-refractivity contribution is 9.10. The Balaban J connectivity index is 2.16. The minimum Gasteiger partial charge on any atom is -0.483 e. The molecule has 0 spiro atoms. The summed E-state index contributed by atoms with van der Waals surface area (Å²) >= 11 is 12.7. The lowest BCUT2D eigenvalue weighted by Gasteiger charge is -2.28. The standard InChI is InChI=1S/C20H21Br2ClN2O3/c1-3-24-20(27)13(2)25(11-14-5-4-6-15(21)9-14)19(26)12-28-18-8-7-16(23)10-17(18)22/h4-10,13H,3,11-12H2,1-2H3,(H,24,27). The van der Waals surface area contributed by atoms with E-state index < -0.39 is 6.04 Å². The van der Waals surface area contributed by atoms with Crippen molar-refractivity contribution in [3.8, 4) is 5.75 Å². The number of nitrogens with one attached hydrogen (secondary N) is 1. The first-order valence-electron chi connectivity index (χ1n) is 8.71. The molecule has 0 radical (unpaired) electrons. The number of ether oxygens (including phenoxy) is 1. The second kappa shape index (κ2) is 10.8. The summed E-state index contributed by atoms with van der Waals surface area (Å²) in [6.45, 7) is 4.14. The lowest BCUT2D eigenvalue weighted by molar-refractivity contribution is -0.142. The summed E-state index contributed by atoms with van der Waals surface area (Å²) in [5.41, 5.74) is 0.909. The number of amides is 2. The molecule has 1 N–H and O–H groups in total. The minimum absolute atomic E-state index is 0.196. The van der Waals surface area contributed by atoms with Crippen LogP contribution in [0, 0.1) is 0 Å². The van der Waals surface area contributed by atoms with Gasteiger partial charge in [0, 0.05) is 22.6 Å². The second-order valence-corrected chi connectivity index (χ2v) is 8.29. The third-order valence-electron chi connectivity index (χ3n) is 4.01. The van der Waals surface area contributed by atoms with Gasteiger partial charge < -0.3 is 15.0 Å². The summed E-state index contributed by atoms with van der Waals surface area (Å²) in [5.74, 6) is 0.00455. The molecule has 2 amide bonds. The van der Waals surface area contributed by atoms with Crippen molar-refractivity contribution < 1.29 is 14.3 Å². The zero-order valence-electron chi connectivity index (χ0n) is 15.5. The van der Waals surface area contributed by atoms with Crippen LogP contribution in [0.25, 0.3) is 0 Å². The first-order chi connectivity index (χ1) is 13.3. The maximum atomic E-state index is 12.9. The van der Waals surface area contributed by atoms with Crippen molar-refractivity contribution >= 4 is 55.3 Å². The molecular formula is C20H21Br2ClN2O3. The highest BCUT2D eigenvalue weighted by atomic mass is 79.9. The summed E-state index contributed by atoms with van der Waals surface area (Å²) < 4.78 is 7.21. The Labute approximate surface area is 186 Å². The van der Waals surface area contributed by atoms with E-state index in [1.165, 1.54) is 4.90 Å². The van der Waals surface area contributed by atoms with Gasteiger partial charge in [0.05, 0.1) is 4.47 Å². The van der Waals surface area contributed by atoms with Crippen molar-refractivity contribution in [1.82, 2.24) is 10.2 Å². The van der Waals surface area contributed by atoms with Crippen molar-refractivity contribution in [3.05, 3.63) is 62.0 Å². The lowest BCUT2D eigenvalue weighted by Crippen LogP contribution is -2.49. The molecule has 0 bridgehead atoms. The maximum Gasteiger partial charge on any atom is 0.261 e. The van der Waals surface area contributed by atoms with Crippen molar-refractivity contribution in [3.63, 3.8) is 0 Å². The number of likely N-dealkylation sites (N-methyl/N-ethyl adjacent to an activating group) is 1. The van der Waals surface area contributed by atoms with Crippen LogP contribution in [-0.4, -0.2) is 35.9 Å². The zero-order chi connectivity index (χ0) is 20.7. The monoisotopic (exact) mass is 530 g/mol. The van der Waals surface area contributed by atoms with Gasteiger partial charge in [-0.3, -0.25) is 9.59 Å². The molecule has 2 aromatic rings. The van der Waals surface area contributed by atoms with Crippen LogP contribution in [-0.2, 0) is 16.1 Å². The quantitative estimate of drug-likeness (QED) is 0.532. The maximum absolute atomic E-state index is 12.9. The van der Waals surface area contributed by atoms with E-state index in [-0.39, 0.29) is 18.4 Å². The molecule has 150 valence electrons. The predicted octanol–water partition coefficient (Wildman–Crippen LogP) is 4.80. The fraction of sp³-hybridized carbons (Fsp3) is 0.300. The summed E-state index contributed by atoms with van der Waals surface area (Å²) in [5, 5.41) is 3.32. The molecule has 0 aliphatic rings.